The lowest BCUT2D eigenvalue weighted by molar-refractivity contribution is -0.119. The van der Waals surface area contributed by atoms with E-state index in [1.165, 1.54) is 0 Å². The number of nitrogens with zero attached hydrogens (tertiary/aromatic N) is 1. The summed E-state index contributed by atoms with van der Waals surface area (Å²) >= 11 is 5.80. The molecule has 0 fully saturated rings. The fourth-order valence-electron chi connectivity index (χ4n) is 1.76. The summed E-state index contributed by atoms with van der Waals surface area (Å²) < 4.78 is 0. The Morgan fingerprint density at radius 1 is 1.28 bits per heavy atom. The van der Waals surface area contributed by atoms with Crippen LogP contribution in [0, 0.1) is 0 Å². The van der Waals surface area contributed by atoms with E-state index in [-0.39, 0.29) is 6.54 Å². The van der Waals surface area contributed by atoms with Crippen molar-refractivity contribution in [3.05, 3.63) is 29.3 Å². The predicted molar refractivity (Wildman–Crippen MR) is 71.3 cm³/mol. The van der Waals surface area contributed by atoms with Crippen LogP contribution in [0.25, 0.3) is 0 Å². The van der Waals surface area contributed by atoms with Gasteiger partial charge in [0.25, 0.3) is 0 Å². The van der Waals surface area contributed by atoms with E-state index in [0.29, 0.717) is 17.1 Å². The Morgan fingerprint density at radius 3 is 2.22 bits per heavy atom. The highest BCUT2D eigenvalue weighted by molar-refractivity contribution is 6.30. The molecule has 0 spiro atoms. The van der Waals surface area contributed by atoms with E-state index in [1.54, 1.807) is 29.2 Å². The van der Waals surface area contributed by atoms with Crippen LogP contribution in [-0.2, 0) is 9.59 Å². The number of hydrogen-bond donors (Lipinski definition) is 2. The number of nitrogens with two attached hydrogens (primary N) is 2. The van der Waals surface area contributed by atoms with Gasteiger partial charge in [0, 0.05) is 10.7 Å². The van der Waals surface area contributed by atoms with Crippen molar-refractivity contribution in [2.24, 2.45) is 11.5 Å². The third-order valence-corrected chi connectivity index (χ3v) is 2.83. The van der Waals surface area contributed by atoms with Crippen LogP contribution < -0.4 is 16.4 Å². The molecule has 0 radical (unpaired) electrons. The van der Waals surface area contributed by atoms with Crippen molar-refractivity contribution >= 4 is 29.1 Å². The zero-order valence-corrected chi connectivity index (χ0v) is 10.9. The SMILES string of the molecule is CC[C@H](C(N)=O)N(CC(N)=O)c1ccc(Cl)cc1. The van der Waals surface area contributed by atoms with E-state index >= 15 is 0 Å². The highest BCUT2D eigenvalue weighted by Gasteiger charge is 2.23. The van der Waals surface area contributed by atoms with Crippen molar-refractivity contribution in [1.29, 1.82) is 0 Å². The molecule has 0 aliphatic heterocycles. The fraction of sp³-hybridized carbons (Fsp3) is 0.333. The van der Waals surface area contributed by atoms with Crippen LogP contribution in [-0.4, -0.2) is 24.4 Å². The second kappa shape index (κ2) is 6.26. The molecule has 2 amide bonds. The first kappa shape index (κ1) is 14.3. The highest BCUT2D eigenvalue weighted by Crippen LogP contribution is 2.21. The first-order chi connectivity index (χ1) is 8.45. The first-order valence-electron chi connectivity index (χ1n) is 5.55. The highest BCUT2D eigenvalue weighted by atomic mass is 35.5. The average molecular weight is 270 g/mol. The Hall–Kier alpha value is -1.75. The van der Waals surface area contributed by atoms with Crippen LogP contribution >= 0.6 is 11.6 Å². The molecule has 0 aliphatic rings. The largest absolute Gasteiger partial charge is 0.368 e. The lowest BCUT2D eigenvalue weighted by Gasteiger charge is -2.29. The number of anilines is 1. The molecule has 0 unspecified atom stereocenters. The standard InChI is InChI=1S/C12H16ClN3O2/c1-2-10(12(15)18)16(7-11(14)17)9-5-3-8(13)4-6-9/h3-6,10H,2,7H2,1H3,(H2,14,17)(H2,15,18)/t10-/m1/s1. The van der Waals surface area contributed by atoms with Crippen LogP contribution in [0.3, 0.4) is 0 Å². The zero-order valence-electron chi connectivity index (χ0n) is 10.1. The molecule has 1 aromatic rings. The minimum atomic E-state index is -0.571. The Labute approximate surface area is 111 Å². The number of hydrogen-bond acceptors (Lipinski definition) is 3. The van der Waals surface area contributed by atoms with Gasteiger partial charge in [-0.1, -0.05) is 18.5 Å². The third-order valence-electron chi connectivity index (χ3n) is 2.58. The van der Waals surface area contributed by atoms with E-state index in [0.717, 1.165) is 0 Å². The average Bonchev–Trinajstić information content (AvgIpc) is 2.28. The van der Waals surface area contributed by atoms with Gasteiger partial charge in [-0.15, -0.1) is 0 Å². The Bertz CT molecular complexity index is 433. The van der Waals surface area contributed by atoms with Gasteiger partial charge < -0.3 is 16.4 Å². The van der Waals surface area contributed by atoms with Gasteiger partial charge in [-0.25, -0.2) is 0 Å². The third kappa shape index (κ3) is 3.63. The van der Waals surface area contributed by atoms with Crippen molar-refractivity contribution in [2.45, 2.75) is 19.4 Å². The summed E-state index contributed by atoms with van der Waals surface area (Å²) in [6, 6.07) is 6.23. The number of carbonyl (C=O) groups is 2. The fourth-order valence-corrected chi connectivity index (χ4v) is 1.88. The molecule has 1 atom stereocenters. The summed E-state index contributed by atoms with van der Waals surface area (Å²) in [5.74, 6) is -1.02. The number of benzene rings is 1. The van der Waals surface area contributed by atoms with Crippen LogP contribution in [0.5, 0.6) is 0 Å². The molecule has 0 aromatic heterocycles. The minimum Gasteiger partial charge on any atom is -0.368 e. The lowest BCUT2D eigenvalue weighted by atomic mass is 10.1. The maximum atomic E-state index is 11.4. The van der Waals surface area contributed by atoms with Gasteiger partial charge in [-0.3, -0.25) is 9.59 Å². The van der Waals surface area contributed by atoms with Gasteiger partial charge in [0.05, 0.1) is 6.54 Å². The summed E-state index contributed by atoms with van der Waals surface area (Å²) in [4.78, 5) is 24.1. The molecule has 0 aliphatic carbocycles. The number of carbonyl (C=O) groups excluding carboxylic acids is 2. The van der Waals surface area contributed by atoms with E-state index in [4.69, 9.17) is 23.1 Å². The molecule has 98 valence electrons. The smallest absolute Gasteiger partial charge is 0.240 e. The number of rotatable bonds is 6. The van der Waals surface area contributed by atoms with Crippen molar-refractivity contribution in [2.75, 3.05) is 11.4 Å². The molecule has 1 aromatic carbocycles. The van der Waals surface area contributed by atoms with Crippen LogP contribution in [0.1, 0.15) is 13.3 Å². The second-order valence-corrected chi connectivity index (χ2v) is 4.33. The molecule has 6 heteroatoms. The normalized spacial score (nSPS) is 11.9. The summed E-state index contributed by atoms with van der Waals surface area (Å²) in [6.07, 6.45) is 0.491. The van der Waals surface area contributed by atoms with Crippen molar-refractivity contribution < 1.29 is 9.59 Å². The molecular formula is C12H16ClN3O2. The molecule has 0 heterocycles. The van der Waals surface area contributed by atoms with E-state index < -0.39 is 17.9 Å². The number of amides is 2. The quantitative estimate of drug-likeness (QED) is 0.804. The molecule has 18 heavy (non-hydrogen) atoms. The lowest BCUT2D eigenvalue weighted by Crippen LogP contribution is -2.48. The van der Waals surface area contributed by atoms with E-state index in [1.807, 2.05) is 6.92 Å². The Morgan fingerprint density at radius 2 is 1.83 bits per heavy atom. The second-order valence-electron chi connectivity index (χ2n) is 3.90. The van der Waals surface area contributed by atoms with Gasteiger partial charge in [-0.05, 0) is 30.7 Å². The van der Waals surface area contributed by atoms with Crippen molar-refractivity contribution in [1.82, 2.24) is 0 Å². The van der Waals surface area contributed by atoms with E-state index in [9.17, 15) is 9.59 Å². The maximum absolute atomic E-state index is 11.4. The summed E-state index contributed by atoms with van der Waals surface area (Å²) in [5, 5.41) is 0.574. The zero-order chi connectivity index (χ0) is 13.7. The van der Waals surface area contributed by atoms with Crippen LogP contribution in [0.15, 0.2) is 24.3 Å². The van der Waals surface area contributed by atoms with E-state index in [2.05, 4.69) is 0 Å². The first-order valence-corrected chi connectivity index (χ1v) is 5.93. The van der Waals surface area contributed by atoms with Gasteiger partial charge in [0.1, 0.15) is 6.04 Å². The van der Waals surface area contributed by atoms with Crippen LogP contribution in [0.2, 0.25) is 5.02 Å². The monoisotopic (exact) mass is 269 g/mol. The molecule has 0 saturated carbocycles. The number of halogens is 1. The molecular weight excluding hydrogens is 254 g/mol. The van der Waals surface area contributed by atoms with Crippen molar-refractivity contribution in [3.63, 3.8) is 0 Å². The van der Waals surface area contributed by atoms with Crippen LogP contribution in [0.4, 0.5) is 5.69 Å². The molecule has 1 rings (SSSR count). The Kier molecular flexibility index (Phi) is 4.97. The van der Waals surface area contributed by atoms with Crippen molar-refractivity contribution in [3.8, 4) is 0 Å². The van der Waals surface area contributed by atoms with Gasteiger partial charge in [0.15, 0.2) is 0 Å². The molecule has 0 bridgehead atoms. The van der Waals surface area contributed by atoms with Gasteiger partial charge in [0.2, 0.25) is 11.8 Å². The summed E-state index contributed by atoms with van der Waals surface area (Å²) in [7, 11) is 0. The summed E-state index contributed by atoms with van der Waals surface area (Å²) in [5.41, 5.74) is 11.2. The van der Waals surface area contributed by atoms with Gasteiger partial charge >= 0.3 is 0 Å². The molecule has 0 saturated heterocycles. The predicted octanol–water partition coefficient (Wildman–Crippen LogP) is 0.896. The summed E-state index contributed by atoms with van der Waals surface area (Å²) in [6.45, 7) is 1.75. The molecule has 4 N–H and O–H groups in total. The molecule has 5 nitrogen and oxygen atoms in total. The maximum Gasteiger partial charge on any atom is 0.240 e. The minimum absolute atomic E-state index is 0.0664. The number of primary amides is 2. The topological polar surface area (TPSA) is 89.4 Å². The Balaban J connectivity index is 3.07. The van der Waals surface area contributed by atoms with Gasteiger partial charge in [-0.2, -0.15) is 0 Å².